The predicted molar refractivity (Wildman–Crippen MR) is 111 cm³/mol. The molecule has 2 N–H and O–H groups in total. The molecule has 1 aromatic heterocycles. The monoisotopic (exact) mass is 412 g/mol. The maximum atomic E-state index is 9.55. The van der Waals surface area contributed by atoms with E-state index < -0.39 is 11.9 Å². The van der Waals surface area contributed by atoms with E-state index in [9.17, 15) is 9.59 Å². The lowest BCUT2D eigenvalue weighted by atomic mass is 9.91. The molecule has 3 heterocycles. The third-order valence-electron chi connectivity index (χ3n) is 6.15. The van der Waals surface area contributed by atoms with Crippen molar-refractivity contribution in [2.45, 2.75) is 50.1 Å². The van der Waals surface area contributed by atoms with Crippen molar-refractivity contribution in [1.82, 2.24) is 9.88 Å². The minimum Gasteiger partial charge on any atom is -0.478 e. The van der Waals surface area contributed by atoms with Gasteiger partial charge in [0.25, 0.3) is 0 Å². The molecule has 2 bridgehead atoms. The maximum absolute atomic E-state index is 9.55. The van der Waals surface area contributed by atoms with Crippen LogP contribution in [0.5, 0.6) is 0 Å². The summed E-state index contributed by atoms with van der Waals surface area (Å²) in [5, 5.41) is 17.0. The van der Waals surface area contributed by atoms with E-state index >= 15 is 0 Å². The van der Waals surface area contributed by atoms with Crippen molar-refractivity contribution >= 4 is 23.3 Å². The number of carboxylic acid groups (broad SMARTS) is 2. The van der Waals surface area contributed by atoms with Crippen molar-refractivity contribution in [1.29, 1.82) is 0 Å². The van der Waals surface area contributed by atoms with E-state index in [2.05, 4.69) is 36.2 Å². The third-order valence-corrected chi connectivity index (χ3v) is 7.37. The van der Waals surface area contributed by atoms with Crippen LogP contribution < -0.4 is 0 Å². The van der Waals surface area contributed by atoms with Gasteiger partial charge in [-0.2, -0.15) is 0 Å². The fourth-order valence-electron chi connectivity index (χ4n) is 4.71. The zero-order valence-electron chi connectivity index (χ0n) is 16.2. The van der Waals surface area contributed by atoms with Crippen LogP contribution in [0.4, 0.5) is 0 Å². The van der Waals surface area contributed by atoms with Crippen LogP contribution in [0.25, 0.3) is 11.3 Å². The summed E-state index contributed by atoms with van der Waals surface area (Å²) in [7, 11) is 2.32. The Balaban J connectivity index is 0.000000221. The zero-order chi connectivity index (χ0) is 20.5. The molecule has 2 unspecified atom stereocenters. The second-order valence-corrected chi connectivity index (χ2v) is 9.00. The molecule has 152 valence electrons. The number of hydrogen-bond donors (Lipinski definition) is 2. The first-order valence-corrected chi connectivity index (χ1v) is 10.7. The van der Waals surface area contributed by atoms with Crippen molar-refractivity contribution < 1.29 is 19.8 Å². The van der Waals surface area contributed by atoms with E-state index in [1.54, 1.807) is 0 Å². The Morgan fingerprint density at radius 1 is 1.10 bits per heavy atom. The number of carbonyl (C=O) groups is 2. The van der Waals surface area contributed by atoms with Gasteiger partial charge in [-0.25, -0.2) is 14.6 Å². The molecule has 6 nitrogen and oxygen atoms in total. The molecular formula is C22H24N2O4S. The van der Waals surface area contributed by atoms with Crippen LogP contribution in [0.3, 0.4) is 0 Å². The van der Waals surface area contributed by atoms with Gasteiger partial charge >= 0.3 is 11.9 Å². The predicted octanol–water partition coefficient (Wildman–Crippen LogP) is 3.77. The van der Waals surface area contributed by atoms with Crippen LogP contribution in [0.15, 0.2) is 36.4 Å². The number of thiazole rings is 1. The SMILES string of the molecule is CN1C2CCC1CC(c1nc3c(s1)Cc1ccccc1-3)C2.O=C(O)/C=C/C(=O)O. The smallest absolute Gasteiger partial charge is 0.328 e. The van der Waals surface area contributed by atoms with Crippen LogP contribution in [0, 0.1) is 0 Å². The Hall–Kier alpha value is -2.51. The van der Waals surface area contributed by atoms with Gasteiger partial charge in [-0.3, -0.25) is 0 Å². The van der Waals surface area contributed by atoms with E-state index in [1.165, 1.54) is 52.4 Å². The molecule has 2 saturated heterocycles. The first-order chi connectivity index (χ1) is 13.9. The number of fused-ring (bicyclic) bond motifs is 5. The third kappa shape index (κ3) is 4.11. The number of rotatable bonds is 3. The number of aliphatic carboxylic acids is 2. The first-order valence-electron chi connectivity index (χ1n) is 9.86. The summed E-state index contributed by atoms with van der Waals surface area (Å²) in [6, 6.07) is 10.4. The van der Waals surface area contributed by atoms with Gasteiger partial charge in [-0.1, -0.05) is 24.3 Å². The minimum atomic E-state index is -1.26. The van der Waals surface area contributed by atoms with Crippen molar-refractivity contribution in [2.24, 2.45) is 0 Å². The van der Waals surface area contributed by atoms with E-state index in [-0.39, 0.29) is 0 Å². The van der Waals surface area contributed by atoms with E-state index in [4.69, 9.17) is 15.2 Å². The summed E-state index contributed by atoms with van der Waals surface area (Å²) in [5.74, 6) is -1.80. The molecule has 29 heavy (non-hydrogen) atoms. The summed E-state index contributed by atoms with van der Waals surface area (Å²) in [6.07, 6.45) is 7.65. The van der Waals surface area contributed by atoms with Crippen molar-refractivity contribution in [3.05, 3.63) is 51.9 Å². The van der Waals surface area contributed by atoms with Gasteiger partial charge in [-0.05, 0) is 38.3 Å². The van der Waals surface area contributed by atoms with E-state index in [1.807, 2.05) is 11.3 Å². The molecule has 0 spiro atoms. The molecule has 0 radical (unpaired) electrons. The molecule has 2 aromatic rings. The number of benzene rings is 1. The molecule has 1 aromatic carbocycles. The molecule has 7 heteroatoms. The van der Waals surface area contributed by atoms with Gasteiger partial charge in [0.1, 0.15) is 0 Å². The molecule has 5 rings (SSSR count). The number of hydrogen-bond acceptors (Lipinski definition) is 5. The second-order valence-electron chi connectivity index (χ2n) is 7.89. The number of nitrogens with zero attached hydrogens (tertiary/aromatic N) is 2. The largest absolute Gasteiger partial charge is 0.478 e. The molecule has 2 atom stereocenters. The van der Waals surface area contributed by atoms with Gasteiger partial charge in [0.05, 0.1) is 10.7 Å². The van der Waals surface area contributed by atoms with Gasteiger partial charge in [0.15, 0.2) is 0 Å². The summed E-state index contributed by atoms with van der Waals surface area (Å²) in [6.45, 7) is 0. The molecular weight excluding hydrogens is 388 g/mol. The molecule has 1 aliphatic carbocycles. The van der Waals surface area contributed by atoms with Crippen LogP contribution in [-0.4, -0.2) is 51.2 Å². The number of carboxylic acids is 2. The lowest BCUT2D eigenvalue weighted by molar-refractivity contribution is -0.134. The summed E-state index contributed by atoms with van der Waals surface area (Å²) in [4.78, 5) is 28.3. The van der Waals surface area contributed by atoms with E-state index in [0.29, 0.717) is 18.1 Å². The maximum Gasteiger partial charge on any atom is 0.328 e. The average molecular weight is 413 g/mol. The fourth-order valence-corrected chi connectivity index (χ4v) is 5.94. The highest BCUT2D eigenvalue weighted by Crippen LogP contribution is 2.46. The van der Waals surface area contributed by atoms with Crippen LogP contribution >= 0.6 is 11.3 Å². The molecule has 0 amide bonds. The number of piperidine rings is 1. The Morgan fingerprint density at radius 2 is 1.72 bits per heavy atom. The highest BCUT2D eigenvalue weighted by Gasteiger charge is 2.40. The Morgan fingerprint density at radius 3 is 2.34 bits per heavy atom. The highest BCUT2D eigenvalue weighted by atomic mass is 32.1. The number of aromatic nitrogens is 1. The fraction of sp³-hybridized carbons (Fsp3) is 0.409. The summed E-state index contributed by atoms with van der Waals surface area (Å²) in [5.41, 5.74) is 4.13. The first kappa shape index (κ1) is 19.8. The Bertz CT molecular complexity index is 937. The van der Waals surface area contributed by atoms with Crippen molar-refractivity contribution in [3.63, 3.8) is 0 Å². The van der Waals surface area contributed by atoms with Crippen LogP contribution in [0.1, 0.15) is 47.0 Å². The quantitative estimate of drug-likeness (QED) is 0.637. The standard InChI is InChI=1S/C18H20N2S.C4H4O4/c1-20-13-6-7-14(20)9-12(8-13)18-19-17-15-5-3-2-4-11(15)10-16(17)21-18;5-3(6)1-2-4(7)8/h2-5,12-14H,6-10H2,1H3;1-2H,(H,5,6)(H,7,8)/b;2-1+. The van der Waals surface area contributed by atoms with Gasteiger partial charge in [-0.15, -0.1) is 11.3 Å². The summed E-state index contributed by atoms with van der Waals surface area (Å²) < 4.78 is 0. The van der Waals surface area contributed by atoms with E-state index in [0.717, 1.165) is 18.5 Å². The highest BCUT2D eigenvalue weighted by molar-refractivity contribution is 7.12. The molecule has 0 saturated carbocycles. The molecule has 2 aliphatic heterocycles. The lowest BCUT2D eigenvalue weighted by Gasteiger charge is -2.35. The molecule has 3 aliphatic rings. The normalized spacial score (nSPS) is 24.7. The van der Waals surface area contributed by atoms with Gasteiger partial charge < -0.3 is 15.1 Å². The lowest BCUT2D eigenvalue weighted by Crippen LogP contribution is -2.39. The van der Waals surface area contributed by atoms with Gasteiger partial charge in [0, 0.05) is 47.0 Å². The minimum absolute atomic E-state index is 0.558. The average Bonchev–Trinajstić information content (AvgIpc) is 3.29. The van der Waals surface area contributed by atoms with Crippen LogP contribution in [0.2, 0.25) is 0 Å². The van der Waals surface area contributed by atoms with Crippen molar-refractivity contribution in [3.8, 4) is 11.3 Å². The Labute approximate surface area is 173 Å². The van der Waals surface area contributed by atoms with Crippen molar-refractivity contribution in [2.75, 3.05) is 7.05 Å². The molecule has 2 fully saturated rings. The second kappa shape index (κ2) is 8.08. The van der Waals surface area contributed by atoms with Gasteiger partial charge in [0.2, 0.25) is 0 Å². The van der Waals surface area contributed by atoms with Crippen LogP contribution in [-0.2, 0) is 16.0 Å². The zero-order valence-corrected chi connectivity index (χ0v) is 17.1. The topological polar surface area (TPSA) is 90.7 Å². The Kier molecular flexibility index (Phi) is 5.52. The summed E-state index contributed by atoms with van der Waals surface area (Å²) >= 11 is 1.99.